The molecule has 106 valence electrons. The van der Waals surface area contributed by atoms with Gasteiger partial charge in [-0.15, -0.1) is 0 Å². The van der Waals surface area contributed by atoms with E-state index >= 15 is 0 Å². The predicted molar refractivity (Wildman–Crippen MR) is 68.6 cm³/mol. The second-order valence-electron chi connectivity index (χ2n) is 4.23. The summed E-state index contributed by atoms with van der Waals surface area (Å²) in [5, 5.41) is 20.1. The van der Waals surface area contributed by atoms with E-state index in [1.54, 1.807) is 24.3 Å². The first-order valence-electron chi connectivity index (χ1n) is 6.04. The van der Waals surface area contributed by atoms with Gasteiger partial charge in [0.15, 0.2) is 6.10 Å². The first kappa shape index (κ1) is 14.2. The summed E-state index contributed by atoms with van der Waals surface area (Å²) in [6.45, 7) is 0. The maximum atomic E-state index is 11.1. The number of methoxy groups -OCH3 is 1. The van der Waals surface area contributed by atoms with Crippen LogP contribution in [0.3, 0.4) is 0 Å². The van der Waals surface area contributed by atoms with E-state index in [1.165, 1.54) is 13.4 Å². The quantitative estimate of drug-likeness (QED) is 0.797. The molecule has 0 radical (unpaired) electrons. The number of carbonyl (C=O) groups excluding carboxylic acids is 1. The number of carbonyl (C=O) groups is 1. The molecule has 2 atom stereocenters. The van der Waals surface area contributed by atoms with Crippen LogP contribution < -0.4 is 0 Å². The molecule has 2 N–H and O–H groups in total. The highest BCUT2D eigenvalue weighted by Gasteiger charge is 2.25. The van der Waals surface area contributed by atoms with Crippen molar-refractivity contribution in [2.45, 2.75) is 18.6 Å². The molecule has 1 aromatic heterocycles. The molecule has 20 heavy (non-hydrogen) atoms. The minimum Gasteiger partial charge on any atom is -0.469 e. The van der Waals surface area contributed by atoms with Crippen LogP contribution in [0.1, 0.15) is 29.4 Å². The molecule has 0 aliphatic heterocycles. The molecule has 0 bridgehead atoms. The molecule has 0 aliphatic rings. The third-order valence-corrected chi connectivity index (χ3v) is 2.82. The Bertz CT molecular complexity index is 566. The van der Waals surface area contributed by atoms with Gasteiger partial charge in [0.25, 0.3) is 0 Å². The van der Waals surface area contributed by atoms with E-state index in [-0.39, 0.29) is 12.3 Å². The molecular formula is C14H15NO5. The topological polar surface area (TPSA) is 92.8 Å². The summed E-state index contributed by atoms with van der Waals surface area (Å²) >= 11 is 0. The van der Waals surface area contributed by atoms with Crippen molar-refractivity contribution in [3.05, 3.63) is 53.7 Å². The van der Waals surface area contributed by atoms with Crippen LogP contribution in [-0.4, -0.2) is 28.3 Å². The summed E-state index contributed by atoms with van der Waals surface area (Å²) < 4.78 is 9.59. The monoisotopic (exact) mass is 277 g/mol. The molecule has 0 saturated heterocycles. The molecule has 1 aromatic carbocycles. The Labute approximate surface area is 115 Å². The Morgan fingerprint density at radius 3 is 2.65 bits per heavy atom. The van der Waals surface area contributed by atoms with Crippen molar-refractivity contribution in [3.8, 4) is 0 Å². The van der Waals surface area contributed by atoms with E-state index in [1.807, 2.05) is 6.07 Å². The summed E-state index contributed by atoms with van der Waals surface area (Å²) in [7, 11) is 1.28. The summed E-state index contributed by atoms with van der Waals surface area (Å²) in [6, 6.07) is 8.69. The Morgan fingerprint density at radius 1 is 1.30 bits per heavy atom. The maximum absolute atomic E-state index is 11.1. The molecular weight excluding hydrogens is 262 g/mol. The average Bonchev–Trinajstić information content (AvgIpc) is 2.95. The highest BCUT2D eigenvalue weighted by molar-refractivity contribution is 5.71. The van der Waals surface area contributed by atoms with Crippen LogP contribution in [0.4, 0.5) is 0 Å². The zero-order valence-corrected chi connectivity index (χ0v) is 10.9. The smallest absolute Gasteiger partial charge is 0.311 e. The molecule has 6 heteroatoms. The molecule has 6 nitrogen and oxygen atoms in total. The van der Waals surface area contributed by atoms with Gasteiger partial charge in [0.2, 0.25) is 5.89 Å². The van der Waals surface area contributed by atoms with Gasteiger partial charge in [-0.25, -0.2) is 4.98 Å². The van der Waals surface area contributed by atoms with Gasteiger partial charge in [-0.1, -0.05) is 30.3 Å². The molecule has 0 saturated carbocycles. The predicted octanol–water partition coefficient (Wildman–Crippen LogP) is 1.16. The lowest BCUT2D eigenvalue weighted by atomic mass is 10.0. The van der Waals surface area contributed by atoms with E-state index in [2.05, 4.69) is 9.72 Å². The van der Waals surface area contributed by atoms with Crippen molar-refractivity contribution in [1.82, 2.24) is 4.98 Å². The van der Waals surface area contributed by atoms with E-state index in [0.29, 0.717) is 11.3 Å². The van der Waals surface area contributed by atoms with Crippen molar-refractivity contribution in [2.75, 3.05) is 7.11 Å². The Balaban J connectivity index is 2.09. The molecule has 0 fully saturated rings. The molecule has 2 rings (SSSR count). The highest BCUT2D eigenvalue weighted by atomic mass is 16.5. The number of aliphatic hydroxyl groups excluding tert-OH is 2. The first-order chi connectivity index (χ1) is 9.61. The zero-order chi connectivity index (χ0) is 14.5. The number of rotatable bonds is 5. The summed E-state index contributed by atoms with van der Waals surface area (Å²) in [5.41, 5.74) is 0.888. The first-order valence-corrected chi connectivity index (χ1v) is 6.04. The van der Waals surface area contributed by atoms with E-state index in [4.69, 9.17) is 4.42 Å². The SMILES string of the molecule is COC(=O)Cc1coc(C(O)C(O)c2ccccc2)n1. The third kappa shape index (κ3) is 3.23. The number of benzene rings is 1. The van der Waals surface area contributed by atoms with Crippen LogP contribution in [-0.2, 0) is 16.0 Å². The minimum absolute atomic E-state index is 0.0414. The van der Waals surface area contributed by atoms with Crippen LogP contribution in [0.15, 0.2) is 41.0 Å². The summed E-state index contributed by atoms with van der Waals surface area (Å²) in [5.74, 6) is -0.497. The fourth-order valence-corrected chi connectivity index (χ4v) is 1.73. The third-order valence-electron chi connectivity index (χ3n) is 2.82. The Morgan fingerprint density at radius 2 is 2.00 bits per heavy atom. The number of hydrogen-bond donors (Lipinski definition) is 2. The Kier molecular flexibility index (Phi) is 4.49. The van der Waals surface area contributed by atoms with Crippen LogP contribution in [0.5, 0.6) is 0 Å². The number of hydrogen-bond acceptors (Lipinski definition) is 6. The van der Waals surface area contributed by atoms with Crippen LogP contribution >= 0.6 is 0 Å². The van der Waals surface area contributed by atoms with Gasteiger partial charge >= 0.3 is 5.97 Å². The lowest BCUT2D eigenvalue weighted by Gasteiger charge is -2.14. The molecule has 0 aliphatic carbocycles. The fourth-order valence-electron chi connectivity index (χ4n) is 1.73. The number of nitrogens with zero attached hydrogens (tertiary/aromatic N) is 1. The van der Waals surface area contributed by atoms with Crippen molar-refractivity contribution in [1.29, 1.82) is 0 Å². The fraction of sp³-hybridized carbons (Fsp3) is 0.286. The van der Waals surface area contributed by atoms with Gasteiger partial charge in [0.05, 0.1) is 19.2 Å². The molecule has 1 heterocycles. The van der Waals surface area contributed by atoms with Crippen molar-refractivity contribution < 1.29 is 24.2 Å². The largest absolute Gasteiger partial charge is 0.469 e. The van der Waals surface area contributed by atoms with Crippen molar-refractivity contribution in [2.24, 2.45) is 0 Å². The average molecular weight is 277 g/mol. The summed E-state index contributed by atoms with van der Waals surface area (Å²) in [4.78, 5) is 15.1. The molecule has 0 spiro atoms. The number of ether oxygens (including phenoxy) is 1. The van der Waals surface area contributed by atoms with Gasteiger partial charge in [-0.3, -0.25) is 4.79 Å². The number of aliphatic hydroxyl groups is 2. The zero-order valence-electron chi connectivity index (χ0n) is 10.9. The Hall–Kier alpha value is -2.18. The minimum atomic E-state index is -1.30. The van der Waals surface area contributed by atoms with Crippen molar-refractivity contribution in [3.63, 3.8) is 0 Å². The van der Waals surface area contributed by atoms with Gasteiger partial charge in [0.1, 0.15) is 12.4 Å². The number of esters is 1. The highest BCUT2D eigenvalue weighted by Crippen LogP contribution is 2.27. The van der Waals surface area contributed by atoms with Gasteiger partial charge in [-0.2, -0.15) is 0 Å². The van der Waals surface area contributed by atoms with E-state index in [0.717, 1.165) is 0 Å². The molecule has 2 unspecified atom stereocenters. The van der Waals surface area contributed by atoms with Crippen molar-refractivity contribution >= 4 is 5.97 Å². The van der Waals surface area contributed by atoms with Crippen LogP contribution in [0.2, 0.25) is 0 Å². The van der Waals surface area contributed by atoms with E-state index in [9.17, 15) is 15.0 Å². The number of aromatic nitrogens is 1. The standard InChI is InChI=1S/C14H15NO5/c1-19-11(16)7-10-8-20-14(15-10)13(18)12(17)9-5-3-2-4-6-9/h2-6,8,12-13,17-18H,7H2,1H3. The number of oxazole rings is 1. The van der Waals surface area contributed by atoms with Gasteiger partial charge in [-0.05, 0) is 5.56 Å². The molecule has 2 aromatic rings. The lowest BCUT2D eigenvalue weighted by molar-refractivity contribution is -0.139. The van der Waals surface area contributed by atoms with E-state index < -0.39 is 18.2 Å². The van der Waals surface area contributed by atoms with Gasteiger partial charge in [0, 0.05) is 0 Å². The second-order valence-corrected chi connectivity index (χ2v) is 4.23. The van der Waals surface area contributed by atoms with Crippen LogP contribution in [0.25, 0.3) is 0 Å². The normalized spacial score (nSPS) is 13.8. The second kappa shape index (κ2) is 6.31. The maximum Gasteiger partial charge on any atom is 0.311 e. The lowest BCUT2D eigenvalue weighted by Crippen LogP contribution is -2.11. The summed E-state index contributed by atoms with van der Waals surface area (Å²) in [6.07, 6.45) is -1.24. The molecule has 0 amide bonds. The van der Waals surface area contributed by atoms with Crippen LogP contribution in [0, 0.1) is 0 Å². The van der Waals surface area contributed by atoms with Gasteiger partial charge < -0.3 is 19.4 Å².